The van der Waals surface area contributed by atoms with Crippen molar-refractivity contribution in [3.8, 4) is 0 Å². The van der Waals surface area contributed by atoms with Crippen molar-refractivity contribution in [1.29, 1.82) is 0 Å². The van der Waals surface area contributed by atoms with Gasteiger partial charge in [0.05, 0.1) is 5.69 Å². The molecule has 0 atom stereocenters. The van der Waals surface area contributed by atoms with E-state index in [0.717, 1.165) is 24.1 Å². The lowest BCUT2D eigenvalue weighted by Crippen LogP contribution is -2.36. The quantitative estimate of drug-likeness (QED) is 0.889. The molecule has 23 heavy (non-hydrogen) atoms. The number of aromatic nitrogens is 3. The predicted octanol–water partition coefficient (Wildman–Crippen LogP) is 2.95. The Bertz CT molecular complexity index is 621. The highest BCUT2D eigenvalue weighted by molar-refractivity contribution is 5.67. The largest absolute Gasteiger partial charge is 0.443 e. The van der Waals surface area contributed by atoms with Gasteiger partial charge in [-0.1, -0.05) is 49.6 Å². The molecule has 6 heteroatoms. The van der Waals surface area contributed by atoms with Gasteiger partial charge >= 0.3 is 6.09 Å². The molecule has 1 aromatic carbocycles. The van der Waals surface area contributed by atoms with Gasteiger partial charge in [-0.15, -0.1) is 0 Å². The third-order valence-electron chi connectivity index (χ3n) is 4.18. The Labute approximate surface area is 135 Å². The zero-order chi connectivity index (χ0) is 15.9. The van der Waals surface area contributed by atoms with Crippen molar-refractivity contribution in [1.82, 2.24) is 20.7 Å². The van der Waals surface area contributed by atoms with Crippen LogP contribution in [-0.2, 0) is 17.8 Å². The van der Waals surface area contributed by atoms with Gasteiger partial charge in [-0.3, -0.25) is 0 Å². The number of benzene rings is 1. The molecule has 0 unspecified atom stereocenters. The van der Waals surface area contributed by atoms with Crippen LogP contribution in [-0.4, -0.2) is 27.5 Å². The summed E-state index contributed by atoms with van der Waals surface area (Å²) >= 11 is 0. The van der Waals surface area contributed by atoms with Gasteiger partial charge in [0.2, 0.25) is 0 Å². The van der Waals surface area contributed by atoms with E-state index in [4.69, 9.17) is 4.74 Å². The van der Waals surface area contributed by atoms with Crippen LogP contribution in [0.3, 0.4) is 0 Å². The van der Waals surface area contributed by atoms with Gasteiger partial charge in [-0.25, -0.2) is 4.79 Å². The molecule has 2 N–H and O–H groups in total. The van der Waals surface area contributed by atoms with E-state index in [1.54, 1.807) is 0 Å². The molecule has 1 saturated carbocycles. The van der Waals surface area contributed by atoms with Crippen LogP contribution in [0, 0.1) is 0 Å². The molecular formula is C17H22N4O2. The smallest absolute Gasteiger partial charge is 0.407 e. The standard InChI is InChI=1S/C17H22N4O2/c22-17(18-14-9-5-2-6-10-14)23-12-16-15(19-21-20-16)11-13-7-3-1-4-8-13/h1,3-4,7-8,14H,2,5-6,9-12H2,(H,18,22)(H,19,20,21). The monoisotopic (exact) mass is 314 g/mol. The molecule has 0 saturated heterocycles. The summed E-state index contributed by atoms with van der Waals surface area (Å²) in [6.07, 6.45) is 5.99. The Morgan fingerprint density at radius 3 is 2.65 bits per heavy atom. The highest BCUT2D eigenvalue weighted by Crippen LogP contribution is 2.17. The van der Waals surface area contributed by atoms with E-state index in [-0.39, 0.29) is 18.7 Å². The van der Waals surface area contributed by atoms with E-state index in [0.29, 0.717) is 12.1 Å². The van der Waals surface area contributed by atoms with Crippen LogP contribution in [0.4, 0.5) is 4.79 Å². The highest BCUT2D eigenvalue weighted by atomic mass is 16.5. The summed E-state index contributed by atoms with van der Waals surface area (Å²) in [7, 11) is 0. The molecular weight excluding hydrogens is 292 g/mol. The maximum atomic E-state index is 11.9. The average Bonchev–Trinajstić information content (AvgIpc) is 3.02. The lowest BCUT2D eigenvalue weighted by atomic mass is 9.96. The summed E-state index contributed by atoms with van der Waals surface area (Å²) in [5.74, 6) is 0. The first-order valence-corrected chi connectivity index (χ1v) is 8.17. The molecule has 0 spiro atoms. The van der Waals surface area contributed by atoms with Crippen LogP contribution in [0.15, 0.2) is 30.3 Å². The number of ether oxygens (including phenoxy) is 1. The molecule has 3 rings (SSSR count). The Balaban J connectivity index is 1.50. The molecule has 1 aliphatic rings. The van der Waals surface area contributed by atoms with Crippen LogP contribution in [0.2, 0.25) is 0 Å². The van der Waals surface area contributed by atoms with Crippen LogP contribution in [0.5, 0.6) is 0 Å². The molecule has 0 aliphatic heterocycles. The summed E-state index contributed by atoms with van der Waals surface area (Å²) in [4.78, 5) is 11.9. The number of hydrogen-bond donors (Lipinski definition) is 2. The summed E-state index contributed by atoms with van der Waals surface area (Å²) in [6.45, 7) is 0.136. The van der Waals surface area contributed by atoms with Crippen LogP contribution >= 0.6 is 0 Å². The molecule has 122 valence electrons. The second-order valence-corrected chi connectivity index (χ2v) is 5.93. The average molecular weight is 314 g/mol. The van der Waals surface area contributed by atoms with E-state index < -0.39 is 0 Å². The molecule has 1 amide bonds. The summed E-state index contributed by atoms with van der Waals surface area (Å²) in [6, 6.07) is 10.3. The normalized spacial score (nSPS) is 15.3. The SMILES string of the molecule is O=C(NC1CCCCC1)OCc1n[nH]nc1Cc1ccccc1. The first-order valence-electron chi connectivity index (χ1n) is 8.17. The lowest BCUT2D eigenvalue weighted by molar-refractivity contribution is 0.131. The van der Waals surface area contributed by atoms with Gasteiger partial charge in [0.1, 0.15) is 12.3 Å². The van der Waals surface area contributed by atoms with Gasteiger partial charge in [-0.2, -0.15) is 15.4 Å². The maximum absolute atomic E-state index is 11.9. The van der Waals surface area contributed by atoms with E-state index in [2.05, 4.69) is 20.7 Å². The van der Waals surface area contributed by atoms with Crippen LogP contribution in [0.25, 0.3) is 0 Å². The number of nitrogens with zero attached hydrogens (tertiary/aromatic N) is 2. The van der Waals surface area contributed by atoms with Crippen molar-refractivity contribution in [2.45, 2.75) is 51.2 Å². The number of rotatable bonds is 5. The van der Waals surface area contributed by atoms with E-state index in [1.807, 2.05) is 30.3 Å². The fourth-order valence-electron chi connectivity index (χ4n) is 2.91. The molecule has 6 nitrogen and oxygen atoms in total. The third kappa shape index (κ3) is 4.55. The topological polar surface area (TPSA) is 79.9 Å². The van der Waals surface area contributed by atoms with Crippen molar-refractivity contribution < 1.29 is 9.53 Å². The Morgan fingerprint density at radius 2 is 1.87 bits per heavy atom. The van der Waals surface area contributed by atoms with E-state index in [9.17, 15) is 4.79 Å². The number of nitrogens with one attached hydrogen (secondary N) is 2. The molecule has 0 radical (unpaired) electrons. The minimum absolute atomic E-state index is 0.136. The van der Waals surface area contributed by atoms with Crippen molar-refractivity contribution >= 4 is 6.09 Å². The zero-order valence-corrected chi connectivity index (χ0v) is 13.1. The fraction of sp³-hybridized carbons (Fsp3) is 0.471. The number of hydrogen-bond acceptors (Lipinski definition) is 4. The number of aromatic amines is 1. The van der Waals surface area contributed by atoms with Crippen molar-refractivity contribution in [3.05, 3.63) is 47.3 Å². The first kappa shape index (κ1) is 15.5. The van der Waals surface area contributed by atoms with Gasteiger partial charge < -0.3 is 10.1 Å². The van der Waals surface area contributed by atoms with Crippen molar-refractivity contribution in [3.63, 3.8) is 0 Å². The lowest BCUT2D eigenvalue weighted by Gasteiger charge is -2.22. The molecule has 1 heterocycles. The van der Waals surface area contributed by atoms with E-state index >= 15 is 0 Å². The predicted molar refractivity (Wildman–Crippen MR) is 85.8 cm³/mol. The van der Waals surface area contributed by atoms with Gasteiger partial charge in [0, 0.05) is 12.5 Å². The van der Waals surface area contributed by atoms with Gasteiger partial charge in [0.15, 0.2) is 0 Å². The molecule has 1 aliphatic carbocycles. The fourth-order valence-corrected chi connectivity index (χ4v) is 2.91. The van der Waals surface area contributed by atoms with Crippen LogP contribution in [0.1, 0.15) is 49.1 Å². The Morgan fingerprint density at radius 1 is 1.13 bits per heavy atom. The molecule has 2 aromatic rings. The maximum Gasteiger partial charge on any atom is 0.407 e. The number of amides is 1. The Kier molecular flexibility index (Phi) is 5.24. The summed E-state index contributed by atoms with van der Waals surface area (Å²) in [5.41, 5.74) is 2.63. The minimum Gasteiger partial charge on any atom is -0.443 e. The number of carbonyl (C=O) groups is 1. The summed E-state index contributed by atoms with van der Waals surface area (Å²) < 4.78 is 5.29. The second kappa shape index (κ2) is 7.76. The molecule has 0 bridgehead atoms. The van der Waals surface area contributed by atoms with Crippen molar-refractivity contribution in [2.75, 3.05) is 0 Å². The molecule has 1 fully saturated rings. The van der Waals surface area contributed by atoms with Crippen molar-refractivity contribution in [2.24, 2.45) is 0 Å². The van der Waals surface area contributed by atoms with Gasteiger partial charge in [-0.05, 0) is 18.4 Å². The van der Waals surface area contributed by atoms with Crippen LogP contribution < -0.4 is 5.32 Å². The zero-order valence-electron chi connectivity index (χ0n) is 13.1. The highest BCUT2D eigenvalue weighted by Gasteiger charge is 2.17. The second-order valence-electron chi connectivity index (χ2n) is 5.93. The molecule has 1 aromatic heterocycles. The van der Waals surface area contributed by atoms with E-state index in [1.165, 1.54) is 19.3 Å². The number of carbonyl (C=O) groups excluding carboxylic acids is 1. The third-order valence-corrected chi connectivity index (χ3v) is 4.18. The number of alkyl carbamates (subject to hydrolysis) is 1. The minimum atomic E-state index is -0.370. The summed E-state index contributed by atoms with van der Waals surface area (Å²) in [5, 5.41) is 13.8. The van der Waals surface area contributed by atoms with Gasteiger partial charge in [0.25, 0.3) is 0 Å². The Hall–Kier alpha value is -2.37. The first-order chi connectivity index (χ1) is 11.3. The number of H-pyrrole nitrogens is 1.